The van der Waals surface area contributed by atoms with Crippen LogP contribution < -0.4 is 5.32 Å². The third-order valence-corrected chi connectivity index (χ3v) is 5.36. The number of fused-ring (bicyclic) bond motifs is 1. The van der Waals surface area contributed by atoms with E-state index in [1.165, 1.54) is 32.1 Å². The third kappa shape index (κ3) is 4.23. The van der Waals surface area contributed by atoms with E-state index in [1.54, 1.807) is 0 Å². The van der Waals surface area contributed by atoms with E-state index in [0.717, 1.165) is 30.5 Å². The molecule has 1 amide bonds. The Hall–Kier alpha value is -1.06. The average Bonchev–Trinajstić information content (AvgIpc) is 2.53. The van der Waals surface area contributed by atoms with Crippen molar-refractivity contribution in [3.05, 3.63) is 34.9 Å². The number of likely N-dealkylation sites (tertiary alicyclic amines) is 1. The van der Waals surface area contributed by atoms with Crippen molar-refractivity contribution in [3.63, 3.8) is 0 Å². The first-order valence-corrected chi connectivity index (χ1v) is 8.82. The van der Waals surface area contributed by atoms with E-state index in [9.17, 15) is 4.79 Å². The summed E-state index contributed by atoms with van der Waals surface area (Å²) in [6.45, 7) is 3.27. The highest BCUT2D eigenvalue weighted by atomic mass is 35.5. The number of hydrogen-bond acceptors (Lipinski definition) is 2. The van der Waals surface area contributed by atoms with Crippen LogP contribution in [0.15, 0.2) is 24.3 Å². The molecule has 0 bridgehead atoms. The standard InChI is InChI=1S/C18H25ClN2O/c19-17-7-3-4-14(10-17)11-20-18(22)13-21-9-8-15-5-1-2-6-16(15)12-21/h3-4,7,10,15-16H,1-2,5-6,8-9,11-13H2,(H,20,22)/t15-,16-/m1/s1. The number of halogens is 1. The van der Waals surface area contributed by atoms with E-state index in [4.69, 9.17) is 11.6 Å². The maximum absolute atomic E-state index is 12.1. The molecule has 120 valence electrons. The first-order valence-electron chi connectivity index (χ1n) is 8.44. The molecule has 1 heterocycles. The van der Waals surface area contributed by atoms with E-state index in [-0.39, 0.29) is 5.91 Å². The van der Waals surface area contributed by atoms with Crippen LogP contribution in [0.2, 0.25) is 5.02 Å². The number of carbonyl (C=O) groups is 1. The molecule has 0 radical (unpaired) electrons. The van der Waals surface area contributed by atoms with E-state index in [0.29, 0.717) is 18.1 Å². The average molecular weight is 321 g/mol. The summed E-state index contributed by atoms with van der Waals surface area (Å²) in [4.78, 5) is 14.5. The van der Waals surface area contributed by atoms with Crippen molar-refractivity contribution in [1.29, 1.82) is 0 Å². The molecule has 1 aromatic rings. The lowest BCUT2D eigenvalue weighted by molar-refractivity contribution is -0.123. The van der Waals surface area contributed by atoms with Crippen LogP contribution in [0.25, 0.3) is 0 Å². The summed E-state index contributed by atoms with van der Waals surface area (Å²) in [6, 6.07) is 7.65. The maximum Gasteiger partial charge on any atom is 0.234 e. The Morgan fingerprint density at radius 2 is 2.05 bits per heavy atom. The van der Waals surface area contributed by atoms with Crippen molar-refractivity contribution >= 4 is 17.5 Å². The van der Waals surface area contributed by atoms with Gasteiger partial charge in [-0.15, -0.1) is 0 Å². The molecular weight excluding hydrogens is 296 g/mol. The van der Waals surface area contributed by atoms with E-state index in [1.807, 2.05) is 24.3 Å². The van der Waals surface area contributed by atoms with Gasteiger partial charge in [0.1, 0.15) is 0 Å². The number of nitrogens with zero attached hydrogens (tertiary/aromatic N) is 1. The van der Waals surface area contributed by atoms with Gasteiger partial charge in [0.15, 0.2) is 0 Å². The van der Waals surface area contributed by atoms with Crippen LogP contribution in [0.3, 0.4) is 0 Å². The van der Waals surface area contributed by atoms with Crippen molar-refractivity contribution in [2.75, 3.05) is 19.6 Å². The molecule has 1 saturated carbocycles. The van der Waals surface area contributed by atoms with Gasteiger partial charge in [0.05, 0.1) is 6.54 Å². The van der Waals surface area contributed by atoms with Gasteiger partial charge in [-0.05, 0) is 48.9 Å². The smallest absolute Gasteiger partial charge is 0.234 e. The Labute approximate surface area is 138 Å². The molecule has 3 nitrogen and oxygen atoms in total. The van der Waals surface area contributed by atoms with Gasteiger partial charge in [-0.1, -0.05) is 43.0 Å². The third-order valence-electron chi connectivity index (χ3n) is 5.12. The second kappa shape index (κ2) is 7.47. The number of amides is 1. The summed E-state index contributed by atoms with van der Waals surface area (Å²) in [5.41, 5.74) is 1.05. The van der Waals surface area contributed by atoms with Gasteiger partial charge in [-0.3, -0.25) is 9.69 Å². The Morgan fingerprint density at radius 1 is 1.23 bits per heavy atom. The molecule has 0 spiro atoms. The van der Waals surface area contributed by atoms with Crippen LogP contribution in [-0.4, -0.2) is 30.4 Å². The molecule has 1 aliphatic carbocycles. The number of nitrogens with one attached hydrogen (secondary N) is 1. The zero-order valence-electron chi connectivity index (χ0n) is 13.1. The molecule has 2 aliphatic rings. The SMILES string of the molecule is O=C(CN1CC[C@H]2CCCC[C@@H]2C1)NCc1cccc(Cl)c1. The molecule has 0 aromatic heterocycles. The molecule has 4 heteroatoms. The van der Waals surface area contributed by atoms with Crippen molar-refractivity contribution in [2.24, 2.45) is 11.8 Å². The fourth-order valence-electron chi connectivity index (χ4n) is 3.93. The van der Waals surface area contributed by atoms with Crippen LogP contribution >= 0.6 is 11.6 Å². The molecule has 0 unspecified atom stereocenters. The monoisotopic (exact) mass is 320 g/mol. The Morgan fingerprint density at radius 3 is 2.86 bits per heavy atom. The minimum atomic E-state index is 0.120. The fourth-order valence-corrected chi connectivity index (χ4v) is 4.14. The summed E-state index contributed by atoms with van der Waals surface area (Å²) in [7, 11) is 0. The fraction of sp³-hybridized carbons (Fsp3) is 0.611. The van der Waals surface area contributed by atoms with Crippen molar-refractivity contribution in [3.8, 4) is 0 Å². The van der Waals surface area contributed by atoms with Gasteiger partial charge in [0, 0.05) is 18.1 Å². The Balaban J connectivity index is 1.44. The number of piperidine rings is 1. The summed E-state index contributed by atoms with van der Waals surface area (Å²) in [6.07, 6.45) is 6.80. The number of rotatable bonds is 4. The lowest BCUT2D eigenvalue weighted by Gasteiger charge is -2.41. The quantitative estimate of drug-likeness (QED) is 0.921. The number of benzene rings is 1. The van der Waals surface area contributed by atoms with E-state index in [2.05, 4.69) is 10.2 Å². The lowest BCUT2D eigenvalue weighted by atomic mass is 9.75. The van der Waals surface area contributed by atoms with Gasteiger partial charge in [0.25, 0.3) is 0 Å². The summed E-state index contributed by atoms with van der Waals surface area (Å²) >= 11 is 5.96. The van der Waals surface area contributed by atoms with Crippen molar-refractivity contribution < 1.29 is 4.79 Å². The van der Waals surface area contributed by atoms with Gasteiger partial charge < -0.3 is 5.32 Å². The van der Waals surface area contributed by atoms with E-state index >= 15 is 0 Å². The molecule has 1 saturated heterocycles. The van der Waals surface area contributed by atoms with Gasteiger partial charge in [-0.2, -0.15) is 0 Å². The Bertz CT molecular complexity index is 520. The summed E-state index contributed by atoms with van der Waals surface area (Å²) < 4.78 is 0. The van der Waals surface area contributed by atoms with Crippen molar-refractivity contribution in [1.82, 2.24) is 10.2 Å². The minimum Gasteiger partial charge on any atom is -0.351 e. The van der Waals surface area contributed by atoms with Crippen LogP contribution in [0.1, 0.15) is 37.7 Å². The first-order chi connectivity index (χ1) is 10.7. The minimum absolute atomic E-state index is 0.120. The molecular formula is C18H25ClN2O. The maximum atomic E-state index is 12.1. The van der Waals surface area contributed by atoms with Crippen LogP contribution in [0.5, 0.6) is 0 Å². The zero-order chi connectivity index (χ0) is 15.4. The summed E-state index contributed by atoms with van der Waals surface area (Å²) in [5, 5.41) is 3.72. The highest BCUT2D eigenvalue weighted by Crippen LogP contribution is 2.35. The molecule has 1 aromatic carbocycles. The molecule has 22 heavy (non-hydrogen) atoms. The Kier molecular flexibility index (Phi) is 5.37. The van der Waals surface area contributed by atoms with E-state index < -0.39 is 0 Å². The normalized spacial score (nSPS) is 25.5. The second-order valence-corrected chi connectivity index (χ2v) is 7.17. The highest BCUT2D eigenvalue weighted by Gasteiger charge is 2.31. The predicted molar refractivity (Wildman–Crippen MR) is 89.8 cm³/mol. The van der Waals surface area contributed by atoms with Crippen LogP contribution in [0.4, 0.5) is 0 Å². The van der Waals surface area contributed by atoms with Crippen LogP contribution in [-0.2, 0) is 11.3 Å². The topological polar surface area (TPSA) is 32.3 Å². The molecule has 1 N–H and O–H groups in total. The van der Waals surface area contributed by atoms with Crippen LogP contribution in [0, 0.1) is 11.8 Å². The molecule has 2 atom stereocenters. The van der Waals surface area contributed by atoms with Crippen molar-refractivity contribution in [2.45, 2.75) is 38.6 Å². The summed E-state index contributed by atoms with van der Waals surface area (Å²) in [5.74, 6) is 1.86. The number of carbonyl (C=O) groups excluding carboxylic acids is 1. The largest absolute Gasteiger partial charge is 0.351 e. The predicted octanol–water partition coefficient (Wildman–Crippen LogP) is 3.47. The highest BCUT2D eigenvalue weighted by molar-refractivity contribution is 6.30. The van der Waals surface area contributed by atoms with Gasteiger partial charge >= 0.3 is 0 Å². The zero-order valence-corrected chi connectivity index (χ0v) is 13.8. The molecule has 3 rings (SSSR count). The lowest BCUT2D eigenvalue weighted by Crippen LogP contribution is -2.46. The molecule has 2 fully saturated rings. The molecule has 1 aliphatic heterocycles. The van der Waals surface area contributed by atoms with Gasteiger partial charge in [0.2, 0.25) is 5.91 Å². The van der Waals surface area contributed by atoms with Gasteiger partial charge in [-0.25, -0.2) is 0 Å². The first kappa shape index (κ1) is 15.8. The second-order valence-electron chi connectivity index (χ2n) is 6.74. The number of hydrogen-bond donors (Lipinski definition) is 1.